The fourth-order valence-electron chi connectivity index (χ4n) is 2.56. The first-order valence-electron chi connectivity index (χ1n) is 7.41. The van der Waals surface area contributed by atoms with Crippen LogP contribution in [0.5, 0.6) is 5.75 Å². The molecular formula is C18H15N3O4. The molecule has 0 unspecified atom stereocenters. The molecule has 3 rings (SSSR count). The van der Waals surface area contributed by atoms with E-state index in [9.17, 15) is 10.1 Å². The summed E-state index contributed by atoms with van der Waals surface area (Å²) in [6.45, 7) is -0.00500. The van der Waals surface area contributed by atoms with E-state index in [0.717, 1.165) is 16.6 Å². The molecule has 0 saturated carbocycles. The van der Waals surface area contributed by atoms with Gasteiger partial charge >= 0.3 is 5.97 Å². The van der Waals surface area contributed by atoms with Gasteiger partial charge in [-0.3, -0.25) is 0 Å². The number of benzene rings is 1. The van der Waals surface area contributed by atoms with Gasteiger partial charge in [-0.2, -0.15) is 10.4 Å². The zero-order valence-electron chi connectivity index (χ0n) is 13.7. The zero-order chi connectivity index (χ0) is 17.8. The van der Waals surface area contributed by atoms with Crippen LogP contribution in [0.2, 0.25) is 0 Å². The average molecular weight is 337 g/mol. The van der Waals surface area contributed by atoms with E-state index in [1.807, 2.05) is 6.07 Å². The monoisotopic (exact) mass is 337 g/mol. The second kappa shape index (κ2) is 7.03. The Kier molecular flexibility index (Phi) is 4.64. The van der Waals surface area contributed by atoms with E-state index >= 15 is 0 Å². The molecule has 7 nitrogen and oxygen atoms in total. The number of ether oxygens (including phenoxy) is 3. The molecule has 0 aliphatic rings. The first kappa shape index (κ1) is 16.5. The molecule has 0 bridgehead atoms. The number of fused-ring (bicyclic) bond motifs is 1. The molecule has 2 heterocycles. The second-order valence-corrected chi connectivity index (χ2v) is 5.13. The van der Waals surface area contributed by atoms with Crippen molar-refractivity contribution in [2.24, 2.45) is 0 Å². The van der Waals surface area contributed by atoms with Crippen molar-refractivity contribution in [3.05, 3.63) is 53.9 Å². The summed E-state index contributed by atoms with van der Waals surface area (Å²) in [6, 6.07) is 12.6. The molecule has 0 saturated heterocycles. The number of nitriles is 1. The van der Waals surface area contributed by atoms with Gasteiger partial charge in [0, 0.05) is 18.9 Å². The van der Waals surface area contributed by atoms with Crippen molar-refractivity contribution in [2.45, 2.75) is 0 Å². The topological polar surface area (TPSA) is 85.9 Å². The highest BCUT2D eigenvalue weighted by Gasteiger charge is 2.17. The van der Waals surface area contributed by atoms with Crippen molar-refractivity contribution >= 4 is 11.5 Å². The van der Waals surface area contributed by atoms with Crippen molar-refractivity contribution < 1.29 is 19.0 Å². The first-order chi connectivity index (χ1) is 12.2. The van der Waals surface area contributed by atoms with Gasteiger partial charge in [-0.05, 0) is 35.9 Å². The van der Waals surface area contributed by atoms with Crippen molar-refractivity contribution in [2.75, 3.05) is 21.0 Å². The Hall–Kier alpha value is -3.37. The van der Waals surface area contributed by atoms with Crippen molar-refractivity contribution in [1.29, 1.82) is 5.26 Å². The second-order valence-electron chi connectivity index (χ2n) is 5.13. The highest BCUT2D eigenvalue weighted by Crippen LogP contribution is 2.32. The van der Waals surface area contributed by atoms with Crippen LogP contribution in [0.1, 0.15) is 16.1 Å². The zero-order valence-corrected chi connectivity index (χ0v) is 13.7. The first-order valence-corrected chi connectivity index (χ1v) is 7.41. The molecule has 0 aliphatic heterocycles. The van der Waals surface area contributed by atoms with Gasteiger partial charge in [0.2, 0.25) is 0 Å². The summed E-state index contributed by atoms with van der Waals surface area (Å²) in [6.07, 6.45) is 1.62. The molecule has 0 fully saturated rings. The number of rotatable bonds is 5. The van der Waals surface area contributed by atoms with Gasteiger partial charge in [0.1, 0.15) is 23.1 Å². The van der Waals surface area contributed by atoms with Crippen LogP contribution in [0, 0.1) is 11.3 Å². The Bertz CT molecular complexity index is 972. The minimum absolute atomic E-state index is 0.00500. The summed E-state index contributed by atoms with van der Waals surface area (Å²) < 4.78 is 16.8. The third kappa shape index (κ3) is 3.03. The fraction of sp³-hybridized carbons (Fsp3) is 0.167. The van der Waals surface area contributed by atoms with Crippen LogP contribution in [0.15, 0.2) is 42.6 Å². The molecular weight excluding hydrogens is 322 g/mol. The van der Waals surface area contributed by atoms with E-state index in [4.69, 9.17) is 14.2 Å². The Labute approximate surface area is 144 Å². The smallest absolute Gasteiger partial charge is 0.341 e. The lowest BCUT2D eigenvalue weighted by Crippen LogP contribution is -2.07. The molecule has 25 heavy (non-hydrogen) atoms. The Balaban J connectivity index is 2.15. The van der Waals surface area contributed by atoms with Crippen LogP contribution in [-0.4, -0.2) is 36.6 Å². The minimum atomic E-state index is -0.501. The SMILES string of the molecule is COCOc1cc(-c2cc(C#N)n3ncccc23)ccc1C(=O)OC. The summed E-state index contributed by atoms with van der Waals surface area (Å²) in [5, 5.41) is 13.5. The van der Waals surface area contributed by atoms with E-state index in [1.165, 1.54) is 14.2 Å². The Morgan fingerprint density at radius 3 is 2.84 bits per heavy atom. The molecule has 0 aliphatic carbocycles. The van der Waals surface area contributed by atoms with E-state index in [-0.39, 0.29) is 6.79 Å². The van der Waals surface area contributed by atoms with Gasteiger partial charge in [0.05, 0.1) is 12.6 Å². The molecule has 3 aromatic rings. The number of carbonyl (C=O) groups excluding carboxylic acids is 1. The third-order valence-corrected chi connectivity index (χ3v) is 3.68. The quantitative estimate of drug-likeness (QED) is 0.525. The van der Waals surface area contributed by atoms with E-state index < -0.39 is 5.97 Å². The van der Waals surface area contributed by atoms with E-state index in [0.29, 0.717) is 17.0 Å². The van der Waals surface area contributed by atoms with Gasteiger partial charge in [-0.1, -0.05) is 6.07 Å². The normalized spacial score (nSPS) is 10.4. The van der Waals surface area contributed by atoms with Gasteiger partial charge < -0.3 is 14.2 Å². The predicted molar refractivity (Wildman–Crippen MR) is 89.2 cm³/mol. The molecule has 0 spiro atoms. The Morgan fingerprint density at radius 1 is 1.28 bits per heavy atom. The number of nitrogens with zero attached hydrogens (tertiary/aromatic N) is 3. The molecule has 126 valence electrons. The highest BCUT2D eigenvalue weighted by atomic mass is 16.7. The number of carbonyl (C=O) groups is 1. The van der Waals surface area contributed by atoms with E-state index in [1.54, 1.807) is 41.0 Å². The summed E-state index contributed by atoms with van der Waals surface area (Å²) >= 11 is 0. The Morgan fingerprint density at radius 2 is 2.12 bits per heavy atom. The summed E-state index contributed by atoms with van der Waals surface area (Å²) in [7, 11) is 2.80. The van der Waals surface area contributed by atoms with Crippen molar-refractivity contribution in [3.8, 4) is 22.9 Å². The van der Waals surface area contributed by atoms with Crippen molar-refractivity contribution in [3.63, 3.8) is 0 Å². The lowest BCUT2D eigenvalue weighted by Gasteiger charge is -2.11. The lowest BCUT2D eigenvalue weighted by atomic mass is 10.0. The van der Waals surface area contributed by atoms with Gasteiger partial charge in [0.15, 0.2) is 6.79 Å². The molecule has 1 aromatic carbocycles. The average Bonchev–Trinajstić information content (AvgIpc) is 3.04. The molecule has 2 aromatic heterocycles. The molecule has 0 atom stereocenters. The molecule has 7 heteroatoms. The van der Waals surface area contributed by atoms with E-state index in [2.05, 4.69) is 11.2 Å². The molecule has 0 radical (unpaired) electrons. The van der Waals surface area contributed by atoms with Gasteiger partial charge in [0.25, 0.3) is 0 Å². The van der Waals surface area contributed by atoms with Crippen molar-refractivity contribution in [1.82, 2.24) is 9.61 Å². The number of esters is 1. The predicted octanol–water partition coefficient (Wildman–Crippen LogP) is 2.64. The fourth-order valence-corrected chi connectivity index (χ4v) is 2.56. The standard InChI is InChI=1S/C18H15N3O4/c1-23-11-25-17-8-12(5-6-14(17)18(22)24-2)15-9-13(10-19)21-16(15)4-3-7-20-21/h3-9H,11H2,1-2H3. The largest absolute Gasteiger partial charge is 0.467 e. The van der Waals surface area contributed by atoms with Crippen LogP contribution in [-0.2, 0) is 9.47 Å². The maximum Gasteiger partial charge on any atom is 0.341 e. The lowest BCUT2D eigenvalue weighted by molar-refractivity contribution is 0.0465. The molecule has 0 N–H and O–H groups in total. The highest BCUT2D eigenvalue weighted by molar-refractivity contribution is 5.94. The van der Waals surface area contributed by atoms with Crippen LogP contribution < -0.4 is 4.74 Å². The number of aromatic nitrogens is 2. The van der Waals surface area contributed by atoms with Crippen LogP contribution in [0.4, 0.5) is 0 Å². The maximum absolute atomic E-state index is 11.9. The summed E-state index contributed by atoms with van der Waals surface area (Å²) in [5.74, 6) is -0.160. The summed E-state index contributed by atoms with van der Waals surface area (Å²) in [5.41, 5.74) is 3.09. The summed E-state index contributed by atoms with van der Waals surface area (Å²) in [4.78, 5) is 11.9. The van der Waals surface area contributed by atoms with Crippen LogP contribution in [0.25, 0.3) is 16.6 Å². The minimum Gasteiger partial charge on any atom is -0.467 e. The van der Waals surface area contributed by atoms with Gasteiger partial charge in [-0.25, -0.2) is 9.31 Å². The number of hydrogen-bond donors (Lipinski definition) is 0. The number of hydrogen-bond acceptors (Lipinski definition) is 6. The van der Waals surface area contributed by atoms with Crippen LogP contribution >= 0.6 is 0 Å². The van der Waals surface area contributed by atoms with Crippen LogP contribution in [0.3, 0.4) is 0 Å². The number of methoxy groups -OCH3 is 2. The molecule has 0 amide bonds. The maximum atomic E-state index is 11.9. The van der Waals surface area contributed by atoms with Gasteiger partial charge in [-0.15, -0.1) is 0 Å². The third-order valence-electron chi connectivity index (χ3n) is 3.68.